The Morgan fingerprint density at radius 2 is 1.69 bits per heavy atom. The van der Waals surface area contributed by atoms with Crippen molar-refractivity contribution in [3.05, 3.63) is 90.0 Å². The standard InChI is InChI=1S/C25H26N2O2/c1-27(2)25(28)24-16-23(24)19-11-13-20(14-12-19)26-17-18-7-6-10-22(15-18)29-21-8-4-3-5-9-21/h3-15,23-24,26H,16-17H2,1-2H3/t23-,24+/m0/s1. The molecule has 4 heteroatoms. The Morgan fingerprint density at radius 1 is 0.966 bits per heavy atom. The average Bonchev–Trinajstić information content (AvgIpc) is 3.54. The Bertz CT molecular complexity index is 968. The van der Waals surface area contributed by atoms with Crippen LogP contribution in [-0.2, 0) is 11.3 Å². The summed E-state index contributed by atoms with van der Waals surface area (Å²) in [6.45, 7) is 0.719. The van der Waals surface area contributed by atoms with Crippen LogP contribution in [0.25, 0.3) is 0 Å². The van der Waals surface area contributed by atoms with Gasteiger partial charge in [-0.15, -0.1) is 0 Å². The SMILES string of the molecule is CN(C)C(=O)[C@@H]1C[C@H]1c1ccc(NCc2cccc(Oc3ccccc3)c2)cc1. The van der Waals surface area contributed by atoms with Crippen LogP contribution in [0, 0.1) is 5.92 Å². The number of nitrogens with one attached hydrogen (secondary N) is 1. The van der Waals surface area contributed by atoms with Gasteiger partial charge >= 0.3 is 0 Å². The molecule has 3 aromatic rings. The lowest BCUT2D eigenvalue weighted by atomic mass is 10.1. The van der Waals surface area contributed by atoms with Gasteiger partial charge in [0.1, 0.15) is 11.5 Å². The summed E-state index contributed by atoms with van der Waals surface area (Å²) in [7, 11) is 3.65. The number of rotatable bonds is 7. The number of anilines is 1. The molecule has 0 aromatic heterocycles. The number of nitrogens with zero attached hydrogens (tertiary/aromatic N) is 1. The third-order valence-electron chi connectivity index (χ3n) is 5.26. The minimum Gasteiger partial charge on any atom is -0.457 e. The lowest BCUT2D eigenvalue weighted by Gasteiger charge is -2.11. The molecule has 3 aromatic carbocycles. The monoisotopic (exact) mass is 386 g/mol. The first-order chi connectivity index (χ1) is 14.1. The summed E-state index contributed by atoms with van der Waals surface area (Å²) < 4.78 is 5.91. The van der Waals surface area contributed by atoms with Gasteiger partial charge in [-0.1, -0.05) is 42.5 Å². The molecule has 0 spiro atoms. The van der Waals surface area contributed by atoms with Crippen molar-refractivity contribution in [1.29, 1.82) is 0 Å². The molecule has 0 unspecified atom stereocenters. The number of carbonyl (C=O) groups is 1. The maximum atomic E-state index is 12.1. The van der Waals surface area contributed by atoms with Gasteiger partial charge in [0.15, 0.2) is 0 Å². The van der Waals surface area contributed by atoms with Crippen LogP contribution in [0.1, 0.15) is 23.5 Å². The van der Waals surface area contributed by atoms with Crippen LogP contribution in [0.3, 0.4) is 0 Å². The molecule has 4 rings (SSSR count). The normalized spacial score (nSPS) is 17.4. The van der Waals surface area contributed by atoms with Crippen LogP contribution < -0.4 is 10.1 Å². The van der Waals surface area contributed by atoms with Crippen molar-refractivity contribution < 1.29 is 9.53 Å². The van der Waals surface area contributed by atoms with Crippen molar-refractivity contribution in [2.45, 2.75) is 18.9 Å². The molecule has 148 valence electrons. The van der Waals surface area contributed by atoms with E-state index >= 15 is 0 Å². The van der Waals surface area contributed by atoms with Gasteiger partial charge in [0, 0.05) is 32.2 Å². The van der Waals surface area contributed by atoms with Gasteiger partial charge in [-0.3, -0.25) is 4.79 Å². The van der Waals surface area contributed by atoms with Crippen LogP contribution in [0.5, 0.6) is 11.5 Å². The second kappa shape index (κ2) is 8.39. The van der Waals surface area contributed by atoms with Gasteiger partial charge in [-0.05, 0) is 59.9 Å². The zero-order valence-corrected chi connectivity index (χ0v) is 16.8. The Hall–Kier alpha value is -3.27. The Kier molecular flexibility index (Phi) is 5.52. The average molecular weight is 386 g/mol. The van der Waals surface area contributed by atoms with Crippen LogP contribution in [0.4, 0.5) is 5.69 Å². The third-order valence-corrected chi connectivity index (χ3v) is 5.26. The van der Waals surface area contributed by atoms with E-state index in [4.69, 9.17) is 4.74 Å². The van der Waals surface area contributed by atoms with Gasteiger partial charge in [0.25, 0.3) is 0 Å². The molecule has 1 N–H and O–H groups in total. The molecule has 2 atom stereocenters. The van der Waals surface area contributed by atoms with Crippen LogP contribution in [0.15, 0.2) is 78.9 Å². The predicted octanol–water partition coefficient (Wildman–Crippen LogP) is 5.28. The number of ether oxygens (including phenoxy) is 1. The number of benzene rings is 3. The highest BCUT2D eigenvalue weighted by Crippen LogP contribution is 2.48. The lowest BCUT2D eigenvalue weighted by Crippen LogP contribution is -2.23. The third kappa shape index (κ3) is 4.77. The van der Waals surface area contributed by atoms with E-state index in [9.17, 15) is 4.79 Å². The minimum absolute atomic E-state index is 0.149. The molecule has 0 heterocycles. The zero-order valence-electron chi connectivity index (χ0n) is 16.8. The first kappa shape index (κ1) is 19.1. The number of hydrogen-bond donors (Lipinski definition) is 1. The topological polar surface area (TPSA) is 41.6 Å². The van der Waals surface area contributed by atoms with Gasteiger partial charge in [-0.25, -0.2) is 0 Å². The Morgan fingerprint density at radius 3 is 2.41 bits per heavy atom. The molecule has 1 saturated carbocycles. The van der Waals surface area contributed by atoms with E-state index in [2.05, 4.69) is 41.7 Å². The van der Waals surface area contributed by atoms with Crippen LogP contribution >= 0.6 is 0 Å². The Labute approximate surface area is 172 Å². The second-order valence-corrected chi connectivity index (χ2v) is 7.72. The van der Waals surface area contributed by atoms with Crippen molar-refractivity contribution >= 4 is 11.6 Å². The molecule has 29 heavy (non-hydrogen) atoms. The lowest BCUT2D eigenvalue weighted by molar-refractivity contribution is -0.130. The predicted molar refractivity (Wildman–Crippen MR) is 116 cm³/mol. The van der Waals surface area contributed by atoms with Gasteiger partial charge in [-0.2, -0.15) is 0 Å². The van der Waals surface area contributed by atoms with E-state index in [0.717, 1.165) is 35.7 Å². The molecule has 1 aliphatic rings. The maximum absolute atomic E-state index is 12.1. The molecule has 0 bridgehead atoms. The van der Waals surface area contributed by atoms with Crippen LogP contribution in [0.2, 0.25) is 0 Å². The molecule has 4 nitrogen and oxygen atoms in total. The van der Waals surface area contributed by atoms with Crippen LogP contribution in [-0.4, -0.2) is 24.9 Å². The van der Waals surface area contributed by atoms with E-state index in [0.29, 0.717) is 5.92 Å². The van der Waals surface area contributed by atoms with Crippen molar-refractivity contribution in [1.82, 2.24) is 4.90 Å². The molecular weight excluding hydrogens is 360 g/mol. The summed E-state index contributed by atoms with van der Waals surface area (Å²) in [5, 5.41) is 3.46. The smallest absolute Gasteiger partial charge is 0.225 e. The van der Waals surface area contributed by atoms with Crippen molar-refractivity contribution in [2.75, 3.05) is 19.4 Å². The first-order valence-electron chi connectivity index (χ1n) is 9.97. The fourth-order valence-corrected chi connectivity index (χ4v) is 3.56. The number of amides is 1. The highest BCUT2D eigenvalue weighted by atomic mass is 16.5. The molecule has 1 aliphatic carbocycles. The molecule has 1 fully saturated rings. The molecule has 0 saturated heterocycles. The second-order valence-electron chi connectivity index (χ2n) is 7.72. The first-order valence-corrected chi connectivity index (χ1v) is 9.97. The highest BCUT2D eigenvalue weighted by Gasteiger charge is 2.44. The van der Waals surface area contributed by atoms with Crippen molar-refractivity contribution in [2.24, 2.45) is 5.92 Å². The molecule has 0 radical (unpaired) electrons. The van der Waals surface area contributed by atoms with Gasteiger partial charge in [0.2, 0.25) is 5.91 Å². The summed E-state index contributed by atoms with van der Waals surface area (Å²) in [6.07, 6.45) is 0.956. The van der Waals surface area contributed by atoms with E-state index in [1.165, 1.54) is 5.56 Å². The largest absolute Gasteiger partial charge is 0.457 e. The fraction of sp³-hybridized carbons (Fsp3) is 0.240. The summed E-state index contributed by atoms with van der Waals surface area (Å²) >= 11 is 0. The van der Waals surface area contributed by atoms with E-state index in [1.807, 2.05) is 56.6 Å². The van der Waals surface area contributed by atoms with Crippen molar-refractivity contribution in [3.8, 4) is 11.5 Å². The van der Waals surface area contributed by atoms with E-state index < -0.39 is 0 Å². The molecular formula is C25H26N2O2. The summed E-state index contributed by atoms with van der Waals surface area (Å²) in [4.78, 5) is 13.8. The molecule has 0 aliphatic heterocycles. The van der Waals surface area contributed by atoms with Crippen molar-refractivity contribution in [3.63, 3.8) is 0 Å². The maximum Gasteiger partial charge on any atom is 0.225 e. The summed E-state index contributed by atoms with van der Waals surface area (Å²) in [5.74, 6) is 2.41. The van der Waals surface area contributed by atoms with Gasteiger partial charge < -0.3 is 15.0 Å². The summed E-state index contributed by atoms with van der Waals surface area (Å²) in [5.41, 5.74) is 3.47. The fourth-order valence-electron chi connectivity index (χ4n) is 3.56. The zero-order chi connectivity index (χ0) is 20.2. The highest BCUT2D eigenvalue weighted by molar-refractivity contribution is 5.82. The van der Waals surface area contributed by atoms with Gasteiger partial charge in [0.05, 0.1) is 0 Å². The quantitative estimate of drug-likeness (QED) is 0.600. The Balaban J connectivity index is 1.33. The minimum atomic E-state index is 0.149. The number of para-hydroxylation sites is 1. The molecule has 1 amide bonds. The van der Waals surface area contributed by atoms with E-state index in [1.54, 1.807) is 4.90 Å². The number of hydrogen-bond acceptors (Lipinski definition) is 3. The van der Waals surface area contributed by atoms with E-state index in [-0.39, 0.29) is 11.8 Å². The summed E-state index contributed by atoms with van der Waals surface area (Å²) in [6, 6.07) is 26.3. The number of carbonyl (C=O) groups excluding carboxylic acids is 1.